The largest absolute Gasteiger partial charge is 0.505 e. The third kappa shape index (κ3) is 2.55. The van der Waals surface area contributed by atoms with Crippen LogP contribution in [-0.4, -0.2) is 20.7 Å². The first kappa shape index (κ1) is 16.2. The van der Waals surface area contributed by atoms with E-state index in [0.717, 1.165) is 34.2 Å². The lowest BCUT2D eigenvalue weighted by Crippen LogP contribution is -2.28. The number of pyridine rings is 1. The topological polar surface area (TPSA) is 66.3 Å². The molecule has 0 unspecified atom stereocenters. The third-order valence-corrected chi connectivity index (χ3v) is 5.22. The number of rotatable bonds is 3. The first-order valence-corrected chi connectivity index (χ1v) is 8.59. The molecule has 0 saturated heterocycles. The summed E-state index contributed by atoms with van der Waals surface area (Å²) in [6, 6.07) is 4.57. The first-order valence-electron chi connectivity index (χ1n) is 7.84. The molecule has 2 heterocycles. The van der Waals surface area contributed by atoms with Crippen LogP contribution in [0.5, 0.6) is 5.75 Å². The number of hydrogen-bond donors (Lipinski definition) is 2. The zero-order chi connectivity index (χ0) is 17.9. The standard InChI is InChI=1S/C18H14Cl2N2O3/c1-21-14-8-22(25)5-4-11(14)15(16(21)9-2-3-9)17(23)10-6-12(19)18(24)13(20)7-10/h4-9H,2-3H2,1H3,(H-,23,24,25)/p+1. The SMILES string of the molecule is Cn1c(C2CC2)c(C(=O)c2cc(Cl)c(O)c(Cl)c2)c2cc[n+](O)cc21. The summed E-state index contributed by atoms with van der Waals surface area (Å²) < 4.78 is 2.93. The number of nitrogens with zero attached hydrogens (tertiary/aromatic N) is 2. The summed E-state index contributed by atoms with van der Waals surface area (Å²) in [4.78, 5) is 13.2. The van der Waals surface area contributed by atoms with Gasteiger partial charge in [0, 0.05) is 40.4 Å². The number of aromatic nitrogens is 2. The molecule has 7 heteroatoms. The van der Waals surface area contributed by atoms with Gasteiger partial charge in [0.05, 0.1) is 15.6 Å². The number of carbonyl (C=O) groups is 1. The van der Waals surface area contributed by atoms with Crippen LogP contribution in [0, 0.1) is 0 Å². The minimum absolute atomic E-state index is 0.0391. The van der Waals surface area contributed by atoms with Crippen molar-refractivity contribution in [1.82, 2.24) is 4.57 Å². The molecule has 0 aliphatic heterocycles. The van der Waals surface area contributed by atoms with Gasteiger partial charge >= 0.3 is 0 Å². The molecule has 1 aliphatic carbocycles. The van der Waals surface area contributed by atoms with Crippen LogP contribution in [0.15, 0.2) is 30.6 Å². The van der Waals surface area contributed by atoms with Crippen molar-refractivity contribution in [3.05, 3.63) is 57.5 Å². The minimum Gasteiger partial charge on any atom is -0.505 e. The van der Waals surface area contributed by atoms with E-state index in [1.165, 1.54) is 18.3 Å². The van der Waals surface area contributed by atoms with Crippen LogP contribution >= 0.6 is 23.2 Å². The van der Waals surface area contributed by atoms with E-state index in [4.69, 9.17) is 23.2 Å². The van der Waals surface area contributed by atoms with Crippen molar-refractivity contribution < 1.29 is 19.8 Å². The number of aromatic hydroxyl groups is 1. The average molecular weight is 378 g/mol. The fourth-order valence-electron chi connectivity index (χ4n) is 3.30. The number of aryl methyl sites for hydroxylation is 1. The summed E-state index contributed by atoms with van der Waals surface area (Å²) in [5, 5.41) is 20.3. The smallest absolute Gasteiger partial charge is 0.246 e. The summed E-state index contributed by atoms with van der Waals surface area (Å²) in [5.74, 6) is -0.111. The van der Waals surface area contributed by atoms with Crippen molar-refractivity contribution in [3.8, 4) is 5.75 Å². The summed E-state index contributed by atoms with van der Waals surface area (Å²) in [6.07, 6.45) is 5.13. The van der Waals surface area contributed by atoms with Gasteiger partial charge in [-0.3, -0.25) is 10.0 Å². The number of halogens is 2. The second-order valence-corrected chi connectivity index (χ2v) is 7.15. The van der Waals surface area contributed by atoms with Crippen LogP contribution in [0.4, 0.5) is 0 Å². The fraction of sp³-hybridized carbons (Fsp3) is 0.222. The molecule has 0 atom stereocenters. The molecule has 3 aromatic rings. The van der Waals surface area contributed by atoms with Crippen molar-refractivity contribution in [2.24, 2.45) is 7.05 Å². The maximum Gasteiger partial charge on any atom is 0.246 e. The van der Waals surface area contributed by atoms with Crippen LogP contribution in [0.3, 0.4) is 0 Å². The quantitative estimate of drug-likeness (QED) is 0.414. The number of hydrogen-bond acceptors (Lipinski definition) is 3. The van der Waals surface area contributed by atoms with Crippen LogP contribution in [0.2, 0.25) is 10.0 Å². The van der Waals surface area contributed by atoms with Crippen LogP contribution < -0.4 is 4.73 Å². The Morgan fingerprint density at radius 2 is 1.92 bits per heavy atom. The normalized spacial score (nSPS) is 14.2. The Morgan fingerprint density at radius 1 is 1.28 bits per heavy atom. The first-order chi connectivity index (χ1) is 11.9. The number of ketones is 1. The second kappa shape index (κ2) is 5.64. The van der Waals surface area contributed by atoms with E-state index in [-0.39, 0.29) is 21.6 Å². The number of benzene rings is 1. The molecule has 1 fully saturated rings. The third-order valence-electron chi connectivity index (χ3n) is 4.64. The van der Waals surface area contributed by atoms with E-state index in [0.29, 0.717) is 17.0 Å². The van der Waals surface area contributed by atoms with Crippen molar-refractivity contribution in [2.45, 2.75) is 18.8 Å². The van der Waals surface area contributed by atoms with Crippen LogP contribution in [-0.2, 0) is 7.05 Å². The Bertz CT molecular complexity index is 1020. The van der Waals surface area contributed by atoms with E-state index in [1.807, 2.05) is 11.6 Å². The molecule has 1 aliphatic rings. The molecule has 2 N–H and O–H groups in total. The Hall–Kier alpha value is -2.24. The molecular formula is C18H15Cl2N2O3+. The highest BCUT2D eigenvalue weighted by Gasteiger charge is 2.34. The van der Waals surface area contributed by atoms with Gasteiger partial charge in [-0.2, -0.15) is 0 Å². The van der Waals surface area contributed by atoms with Gasteiger partial charge < -0.3 is 9.67 Å². The monoisotopic (exact) mass is 377 g/mol. The number of phenolic OH excluding ortho intramolecular Hbond substituents is 1. The second-order valence-electron chi connectivity index (χ2n) is 6.33. The van der Waals surface area contributed by atoms with Gasteiger partial charge in [0.25, 0.3) is 0 Å². The van der Waals surface area contributed by atoms with Gasteiger partial charge in [0.15, 0.2) is 11.5 Å². The lowest BCUT2D eigenvalue weighted by atomic mass is 9.99. The molecule has 0 radical (unpaired) electrons. The number of carbonyl (C=O) groups excluding carboxylic acids is 1. The number of phenols is 1. The minimum atomic E-state index is -0.235. The maximum absolute atomic E-state index is 13.2. The molecule has 4 rings (SSSR count). The van der Waals surface area contributed by atoms with Crippen molar-refractivity contribution in [1.29, 1.82) is 0 Å². The summed E-state index contributed by atoms with van der Waals surface area (Å²) >= 11 is 12.0. The molecule has 2 aromatic heterocycles. The molecule has 0 bridgehead atoms. The zero-order valence-electron chi connectivity index (χ0n) is 13.3. The molecule has 128 valence electrons. The van der Waals surface area contributed by atoms with Crippen molar-refractivity contribution in [3.63, 3.8) is 0 Å². The van der Waals surface area contributed by atoms with E-state index in [2.05, 4.69) is 0 Å². The molecule has 5 nitrogen and oxygen atoms in total. The van der Waals surface area contributed by atoms with Crippen molar-refractivity contribution in [2.75, 3.05) is 0 Å². The Labute approximate surface area is 153 Å². The van der Waals surface area contributed by atoms with E-state index in [1.54, 1.807) is 12.3 Å². The highest BCUT2D eigenvalue weighted by molar-refractivity contribution is 6.38. The van der Waals surface area contributed by atoms with Gasteiger partial charge in [0.1, 0.15) is 5.52 Å². The summed E-state index contributed by atoms with van der Waals surface area (Å²) in [7, 11) is 1.89. The van der Waals surface area contributed by atoms with Gasteiger partial charge in [-0.05, 0) is 25.0 Å². The molecule has 0 amide bonds. The fourth-order valence-corrected chi connectivity index (χ4v) is 3.79. The highest BCUT2D eigenvalue weighted by atomic mass is 35.5. The van der Waals surface area contributed by atoms with E-state index in [9.17, 15) is 15.1 Å². The Morgan fingerprint density at radius 3 is 2.52 bits per heavy atom. The van der Waals surface area contributed by atoms with Gasteiger partial charge in [-0.1, -0.05) is 23.2 Å². The lowest BCUT2D eigenvalue weighted by molar-refractivity contribution is -0.904. The molecular weight excluding hydrogens is 363 g/mol. The highest BCUT2D eigenvalue weighted by Crippen LogP contribution is 2.45. The molecule has 0 spiro atoms. The van der Waals surface area contributed by atoms with Crippen LogP contribution in [0.1, 0.15) is 40.4 Å². The van der Waals surface area contributed by atoms with Gasteiger partial charge in [0.2, 0.25) is 12.4 Å². The maximum atomic E-state index is 13.2. The summed E-state index contributed by atoms with van der Waals surface area (Å²) in [5.41, 5.74) is 2.64. The molecule has 25 heavy (non-hydrogen) atoms. The average Bonchev–Trinajstić information content (AvgIpc) is 3.37. The Kier molecular flexibility index (Phi) is 3.67. The van der Waals surface area contributed by atoms with E-state index < -0.39 is 0 Å². The zero-order valence-corrected chi connectivity index (χ0v) is 14.8. The molecule has 1 saturated carbocycles. The predicted molar refractivity (Wildman–Crippen MR) is 93.8 cm³/mol. The van der Waals surface area contributed by atoms with Gasteiger partial charge in [-0.25, -0.2) is 0 Å². The predicted octanol–water partition coefficient (Wildman–Crippen LogP) is 3.82. The Balaban J connectivity index is 1.97. The number of fused-ring (bicyclic) bond motifs is 1. The summed E-state index contributed by atoms with van der Waals surface area (Å²) in [6.45, 7) is 0. The van der Waals surface area contributed by atoms with Crippen molar-refractivity contribution >= 4 is 39.9 Å². The molecule has 1 aromatic carbocycles. The van der Waals surface area contributed by atoms with Crippen LogP contribution in [0.25, 0.3) is 10.9 Å². The lowest BCUT2D eigenvalue weighted by Gasteiger charge is -2.08. The van der Waals surface area contributed by atoms with E-state index >= 15 is 0 Å². The van der Waals surface area contributed by atoms with Gasteiger partial charge in [-0.15, -0.1) is 0 Å².